The van der Waals surface area contributed by atoms with Crippen LogP contribution < -0.4 is 0 Å². The SMILES string of the molecule is Cc1ccsc1-c1ccc(F)cc1C(=O)O. The van der Waals surface area contributed by atoms with Crippen LogP contribution in [-0.2, 0) is 0 Å². The van der Waals surface area contributed by atoms with Crippen molar-refractivity contribution in [3.63, 3.8) is 0 Å². The van der Waals surface area contributed by atoms with E-state index in [0.29, 0.717) is 5.56 Å². The van der Waals surface area contributed by atoms with Crippen LogP contribution in [0, 0.1) is 12.7 Å². The van der Waals surface area contributed by atoms with Crippen LogP contribution in [0.15, 0.2) is 29.6 Å². The van der Waals surface area contributed by atoms with E-state index in [2.05, 4.69) is 0 Å². The zero-order chi connectivity index (χ0) is 11.7. The van der Waals surface area contributed by atoms with Crippen LogP contribution in [0.25, 0.3) is 10.4 Å². The van der Waals surface area contributed by atoms with Crippen LogP contribution in [0.5, 0.6) is 0 Å². The highest BCUT2D eigenvalue weighted by molar-refractivity contribution is 7.13. The van der Waals surface area contributed by atoms with Crippen LogP contribution >= 0.6 is 11.3 Å². The Morgan fingerprint density at radius 2 is 2.12 bits per heavy atom. The molecule has 0 saturated carbocycles. The lowest BCUT2D eigenvalue weighted by molar-refractivity contribution is 0.0697. The summed E-state index contributed by atoms with van der Waals surface area (Å²) in [6.07, 6.45) is 0. The predicted octanol–water partition coefficient (Wildman–Crippen LogP) is 3.56. The smallest absolute Gasteiger partial charge is 0.336 e. The Kier molecular flexibility index (Phi) is 2.75. The van der Waals surface area contributed by atoms with E-state index in [0.717, 1.165) is 16.5 Å². The number of benzene rings is 1. The molecule has 1 aromatic heterocycles. The summed E-state index contributed by atoms with van der Waals surface area (Å²) < 4.78 is 13.0. The minimum absolute atomic E-state index is 0.00514. The fourth-order valence-corrected chi connectivity index (χ4v) is 2.51. The fourth-order valence-electron chi connectivity index (χ4n) is 1.54. The third kappa shape index (κ3) is 1.84. The summed E-state index contributed by atoms with van der Waals surface area (Å²) in [6, 6.07) is 5.75. The third-order valence-electron chi connectivity index (χ3n) is 2.32. The summed E-state index contributed by atoms with van der Waals surface area (Å²) in [5.74, 6) is -1.64. The van der Waals surface area contributed by atoms with Crippen LogP contribution in [0.2, 0.25) is 0 Å². The maximum absolute atomic E-state index is 13.0. The van der Waals surface area contributed by atoms with Gasteiger partial charge in [0.2, 0.25) is 0 Å². The van der Waals surface area contributed by atoms with E-state index in [1.807, 2.05) is 18.4 Å². The molecule has 82 valence electrons. The van der Waals surface area contributed by atoms with Crippen molar-refractivity contribution in [2.75, 3.05) is 0 Å². The second-order valence-electron chi connectivity index (χ2n) is 3.43. The van der Waals surface area contributed by atoms with Crippen LogP contribution in [0.1, 0.15) is 15.9 Å². The average molecular weight is 236 g/mol. The van der Waals surface area contributed by atoms with Gasteiger partial charge in [-0.25, -0.2) is 9.18 Å². The maximum Gasteiger partial charge on any atom is 0.336 e. The van der Waals surface area contributed by atoms with E-state index in [1.54, 1.807) is 0 Å². The van der Waals surface area contributed by atoms with Gasteiger partial charge in [0.15, 0.2) is 0 Å². The van der Waals surface area contributed by atoms with Gasteiger partial charge in [0.25, 0.3) is 0 Å². The molecule has 1 N–H and O–H groups in total. The second kappa shape index (κ2) is 4.06. The number of carbonyl (C=O) groups is 1. The molecule has 4 heteroatoms. The number of aryl methyl sites for hydroxylation is 1. The number of halogens is 1. The summed E-state index contributed by atoms with van der Waals surface area (Å²) >= 11 is 1.45. The highest BCUT2D eigenvalue weighted by atomic mass is 32.1. The van der Waals surface area contributed by atoms with Gasteiger partial charge >= 0.3 is 5.97 Å². The number of thiophene rings is 1. The Balaban J connectivity index is 2.65. The van der Waals surface area contributed by atoms with Gasteiger partial charge in [0.1, 0.15) is 5.82 Å². The maximum atomic E-state index is 13.0. The van der Waals surface area contributed by atoms with Crippen molar-refractivity contribution in [2.24, 2.45) is 0 Å². The normalized spacial score (nSPS) is 10.4. The molecule has 0 aliphatic carbocycles. The van der Waals surface area contributed by atoms with E-state index in [-0.39, 0.29) is 5.56 Å². The molecular formula is C12H9FO2S. The number of aromatic carboxylic acids is 1. The standard InChI is InChI=1S/C12H9FO2S/c1-7-4-5-16-11(7)9-3-2-8(13)6-10(9)12(14)15/h2-6H,1H3,(H,14,15). The lowest BCUT2D eigenvalue weighted by Crippen LogP contribution is -2.00. The van der Waals surface area contributed by atoms with Crippen molar-refractivity contribution in [3.05, 3.63) is 46.6 Å². The molecule has 0 fully saturated rings. The first-order chi connectivity index (χ1) is 7.59. The summed E-state index contributed by atoms with van der Waals surface area (Å²) in [4.78, 5) is 11.9. The summed E-state index contributed by atoms with van der Waals surface area (Å²) in [5, 5.41) is 10.9. The highest BCUT2D eigenvalue weighted by Gasteiger charge is 2.14. The predicted molar refractivity (Wildman–Crippen MR) is 61.4 cm³/mol. The Morgan fingerprint density at radius 1 is 1.38 bits per heavy atom. The van der Waals surface area contributed by atoms with Crippen molar-refractivity contribution in [3.8, 4) is 10.4 Å². The van der Waals surface area contributed by atoms with E-state index in [1.165, 1.54) is 23.5 Å². The molecular weight excluding hydrogens is 227 g/mol. The van der Waals surface area contributed by atoms with E-state index in [9.17, 15) is 9.18 Å². The molecule has 0 radical (unpaired) electrons. The molecule has 0 saturated heterocycles. The molecule has 16 heavy (non-hydrogen) atoms. The first kappa shape index (κ1) is 10.8. The minimum Gasteiger partial charge on any atom is -0.478 e. The van der Waals surface area contributed by atoms with Crippen molar-refractivity contribution in [1.82, 2.24) is 0 Å². The van der Waals surface area contributed by atoms with Crippen molar-refractivity contribution >= 4 is 17.3 Å². The zero-order valence-electron chi connectivity index (χ0n) is 8.53. The first-order valence-corrected chi connectivity index (χ1v) is 5.55. The molecule has 0 bridgehead atoms. The molecule has 0 amide bonds. The number of carboxylic acids is 1. The molecule has 0 aliphatic rings. The van der Waals surface area contributed by atoms with Gasteiger partial charge in [0, 0.05) is 10.4 Å². The molecule has 2 rings (SSSR count). The second-order valence-corrected chi connectivity index (χ2v) is 4.34. The lowest BCUT2D eigenvalue weighted by atomic mass is 10.0. The molecule has 2 nitrogen and oxygen atoms in total. The highest BCUT2D eigenvalue weighted by Crippen LogP contribution is 2.32. The Morgan fingerprint density at radius 3 is 2.69 bits per heavy atom. The van der Waals surface area contributed by atoms with Gasteiger partial charge in [-0.1, -0.05) is 0 Å². The van der Waals surface area contributed by atoms with Crippen molar-refractivity contribution < 1.29 is 14.3 Å². The van der Waals surface area contributed by atoms with E-state index in [4.69, 9.17) is 5.11 Å². The zero-order valence-corrected chi connectivity index (χ0v) is 9.34. The number of rotatable bonds is 2. The summed E-state index contributed by atoms with van der Waals surface area (Å²) in [6.45, 7) is 1.90. The van der Waals surface area contributed by atoms with Gasteiger partial charge in [-0.15, -0.1) is 11.3 Å². The largest absolute Gasteiger partial charge is 0.478 e. The molecule has 2 aromatic rings. The molecule has 0 spiro atoms. The fraction of sp³-hybridized carbons (Fsp3) is 0.0833. The third-order valence-corrected chi connectivity index (χ3v) is 3.37. The van der Waals surface area contributed by atoms with Gasteiger partial charge in [-0.3, -0.25) is 0 Å². The molecule has 0 atom stereocenters. The average Bonchev–Trinajstić information content (AvgIpc) is 2.64. The topological polar surface area (TPSA) is 37.3 Å². The van der Waals surface area contributed by atoms with E-state index < -0.39 is 11.8 Å². The van der Waals surface area contributed by atoms with E-state index >= 15 is 0 Å². The van der Waals surface area contributed by atoms with Crippen molar-refractivity contribution in [2.45, 2.75) is 6.92 Å². The molecule has 0 unspecified atom stereocenters. The lowest BCUT2D eigenvalue weighted by Gasteiger charge is -2.05. The number of hydrogen-bond acceptors (Lipinski definition) is 2. The Hall–Kier alpha value is -1.68. The van der Waals surface area contributed by atoms with Gasteiger partial charge < -0.3 is 5.11 Å². The van der Waals surface area contributed by atoms with Crippen LogP contribution in [0.3, 0.4) is 0 Å². The van der Waals surface area contributed by atoms with Gasteiger partial charge in [0.05, 0.1) is 5.56 Å². The Bertz CT molecular complexity index is 546. The van der Waals surface area contributed by atoms with Gasteiger partial charge in [-0.2, -0.15) is 0 Å². The molecule has 1 heterocycles. The molecule has 1 aromatic carbocycles. The van der Waals surface area contributed by atoms with Gasteiger partial charge in [-0.05, 0) is 42.1 Å². The monoisotopic (exact) mass is 236 g/mol. The summed E-state index contributed by atoms with van der Waals surface area (Å²) in [5.41, 5.74) is 1.58. The Labute approximate surface area is 96.0 Å². The first-order valence-electron chi connectivity index (χ1n) is 4.67. The van der Waals surface area contributed by atoms with Crippen molar-refractivity contribution in [1.29, 1.82) is 0 Å². The minimum atomic E-state index is -1.11. The number of carboxylic acid groups (broad SMARTS) is 1. The summed E-state index contributed by atoms with van der Waals surface area (Å²) in [7, 11) is 0. The molecule has 0 aliphatic heterocycles. The van der Waals surface area contributed by atoms with Crippen LogP contribution in [0.4, 0.5) is 4.39 Å². The quantitative estimate of drug-likeness (QED) is 0.865. The van der Waals surface area contributed by atoms with Crippen LogP contribution in [-0.4, -0.2) is 11.1 Å². The number of hydrogen-bond donors (Lipinski definition) is 1.